The second-order valence-electron chi connectivity index (χ2n) is 7.02. The van der Waals surface area contributed by atoms with Crippen molar-refractivity contribution < 1.29 is 23.1 Å². The fourth-order valence-corrected chi connectivity index (χ4v) is 2.88. The van der Waals surface area contributed by atoms with Crippen molar-refractivity contribution in [3.63, 3.8) is 0 Å². The van der Waals surface area contributed by atoms with Crippen LogP contribution in [0.15, 0.2) is 48.8 Å². The Hall–Kier alpha value is -4.22. The summed E-state index contributed by atoms with van der Waals surface area (Å²) in [6.07, 6.45) is -2.61. The molecule has 1 amide bonds. The number of alkyl halides is 3. The summed E-state index contributed by atoms with van der Waals surface area (Å²) in [5.74, 6) is -1.02. The summed E-state index contributed by atoms with van der Waals surface area (Å²) in [5.41, 5.74) is -3.35. The second-order valence-corrected chi connectivity index (χ2v) is 7.02. The molecule has 3 rings (SSSR count). The quantitative estimate of drug-likeness (QED) is 0.628. The van der Waals surface area contributed by atoms with Gasteiger partial charge in [0, 0.05) is 11.8 Å². The lowest BCUT2D eigenvalue weighted by Crippen LogP contribution is -2.44. The van der Waals surface area contributed by atoms with Crippen LogP contribution in [0, 0.1) is 22.7 Å². The molecule has 0 spiro atoms. The third-order valence-electron chi connectivity index (χ3n) is 4.45. The van der Waals surface area contributed by atoms with E-state index in [0.717, 1.165) is 13.1 Å². The molecule has 0 aliphatic heterocycles. The number of carbonyl (C=O) groups is 1. The largest absolute Gasteiger partial charge is 0.419 e. The van der Waals surface area contributed by atoms with E-state index in [9.17, 15) is 28.3 Å². The molecule has 0 unspecified atom stereocenters. The van der Waals surface area contributed by atoms with Crippen LogP contribution in [0.5, 0.6) is 0 Å². The Bertz CT molecular complexity index is 1240. The average molecular weight is 440 g/mol. The monoisotopic (exact) mass is 440 g/mol. The van der Waals surface area contributed by atoms with Crippen molar-refractivity contribution in [1.29, 1.82) is 10.5 Å². The summed E-state index contributed by atoms with van der Waals surface area (Å²) in [6, 6.07) is 12.7. The highest BCUT2D eigenvalue weighted by Gasteiger charge is 2.36. The molecule has 1 aromatic carbocycles. The topological polar surface area (TPSA) is 128 Å². The molecule has 3 aromatic rings. The Morgan fingerprint density at radius 1 is 1.22 bits per heavy atom. The SMILES string of the molecule is C[C@](O)(Cn1cc(C#N)c(-c2ccccc2)n1)C(=O)Nc1cnc(C#N)c(C(F)(F)F)c1. The van der Waals surface area contributed by atoms with Crippen LogP contribution < -0.4 is 5.32 Å². The maximum Gasteiger partial charge on any atom is 0.419 e. The van der Waals surface area contributed by atoms with Crippen molar-refractivity contribution in [3.05, 3.63) is 65.6 Å². The minimum Gasteiger partial charge on any atom is -0.378 e. The van der Waals surface area contributed by atoms with Crippen molar-refractivity contribution in [1.82, 2.24) is 14.8 Å². The fourth-order valence-electron chi connectivity index (χ4n) is 2.88. The molecule has 0 aliphatic rings. The van der Waals surface area contributed by atoms with Gasteiger partial charge in [-0.05, 0) is 13.0 Å². The summed E-state index contributed by atoms with van der Waals surface area (Å²) in [6.45, 7) is 0.774. The van der Waals surface area contributed by atoms with Crippen LogP contribution in [-0.2, 0) is 17.5 Å². The first-order chi connectivity index (χ1) is 15.0. The molecular weight excluding hydrogens is 425 g/mol. The molecule has 2 heterocycles. The van der Waals surface area contributed by atoms with Gasteiger partial charge in [0.25, 0.3) is 5.91 Å². The van der Waals surface area contributed by atoms with Crippen LogP contribution in [0.1, 0.15) is 23.7 Å². The highest BCUT2D eigenvalue weighted by atomic mass is 19.4. The van der Waals surface area contributed by atoms with Gasteiger partial charge >= 0.3 is 6.18 Å². The van der Waals surface area contributed by atoms with E-state index in [1.807, 2.05) is 6.07 Å². The number of pyridine rings is 1. The lowest BCUT2D eigenvalue weighted by atomic mass is 10.1. The van der Waals surface area contributed by atoms with Crippen LogP contribution >= 0.6 is 0 Å². The predicted molar refractivity (Wildman–Crippen MR) is 106 cm³/mol. The van der Waals surface area contributed by atoms with Gasteiger partial charge in [0.2, 0.25) is 0 Å². The van der Waals surface area contributed by atoms with Crippen molar-refractivity contribution >= 4 is 11.6 Å². The van der Waals surface area contributed by atoms with Crippen LogP contribution in [-0.4, -0.2) is 31.4 Å². The van der Waals surface area contributed by atoms with Gasteiger partial charge in [-0.3, -0.25) is 9.48 Å². The van der Waals surface area contributed by atoms with E-state index in [4.69, 9.17) is 5.26 Å². The summed E-state index contributed by atoms with van der Waals surface area (Å²) < 4.78 is 40.5. The van der Waals surface area contributed by atoms with Gasteiger partial charge in [-0.25, -0.2) is 4.98 Å². The summed E-state index contributed by atoms with van der Waals surface area (Å²) >= 11 is 0. The zero-order valence-electron chi connectivity index (χ0n) is 16.6. The Labute approximate surface area is 180 Å². The molecule has 0 saturated heterocycles. The van der Waals surface area contributed by atoms with Crippen molar-refractivity contribution in [2.45, 2.75) is 25.2 Å². The first kappa shape index (κ1) is 22.5. The Balaban J connectivity index is 1.82. The highest BCUT2D eigenvalue weighted by molar-refractivity contribution is 5.96. The Morgan fingerprint density at radius 3 is 2.50 bits per heavy atom. The van der Waals surface area contributed by atoms with Gasteiger partial charge < -0.3 is 10.4 Å². The maximum absolute atomic E-state index is 13.1. The third kappa shape index (κ3) is 4.74. The number of hydrogen-bond donors (Lipinski definition) is 2. The number of halogens is 3. The molecule has 8 nitrogen and oxygen atoms in total. The summed E-state index contributed by atoms with van der Waals surface area (Å²) in [4.78, 5) is 16.0. The number of anilines is 1. The molecule has 2 aromatic heterocycles. The van der Waals surface area contributed by atoms with Crippen LogP contribution in [0.4, 0.5) is 18.9 Å². The minimum atomic E-state index is -4.85. The van der Waals surface area contributed by atoms with Crippen LogP contribution in [0.2, 0.25) is 0 Å². The summed E-state index contributed by atoms with van der Waals surface area (Å²) in [7, 11) is 0. The van der Waals surface area contributed by atoms with Crippen LogP contribution in [0.3, 0.4) is 0 Å². The van der Waals surface area contributed by atoms with Gasteiger partial charge in [0.15, 0.2) is 11.3 Å². The standard InChI is InChI=1S/C21H15F3N6O2/c1-20(32,12-30-11-14(8-25)18(29-30)13-5-3-2-4-6-13)19(31)28-15-7-16(21(22,23)24)17(9-26)27-10-15/h2-7,10-11,32H,12H2,1H3,(H,28,31)/t20-/m0/s1. The fraction of sp³-hybridized carbons (Fsp3) is 0.190. The number of nitrogens with one attached hydrogen (secondary N) is 1. The molecular formula is C21H15F3N6O2. The first-order valence-electron chi connectivity index (χ1n) is 9.09. The normalized spacial score (nSPS) is 13.0. The Morgan fingerprint density at radius 2 is 1.91 bits per heavy atom. The van der Waals surface area contributed by atoms with E-state index in [1.54, 1.807) is 30.3 Å². The van der Waals surface area contributed by atoms with E-state index in [2.05, 4.69) is 15.4 Å². The minimum absolute atomic E-state index is 0.221. The lowest BCUT2D eigenvalue weighted by molar-refractivity contribution is -0.138. The average Bonchev–Trinajstić information content (AvgIpc) is 3.15. The van der Waals surface area contributed by atoms with Gasteiger partial charge in [-0.15, -0.1) is 0 Å². The number of carbonyl (C=O) groups excluding carboxylic acids is 1. The molecule has 2 N–H and O–H groups in total. The molecule has 0 radical (unpaired) electrons. The molecule has 0 saturated carbocycles. The van der Waals surface area contributed by atoms with E-state index < -0.39 is 28.9 Å². The van der Waals surface area contributed by atoms with Gasteiger partial charge in [-0.1, -0.05) is 30.3 Å². The smallest absolute Gasteiger partial charge is 0.378 e. The first-order valence-corrected chi connectivity index (χ1v) is 9.09. The number of amides is 1. The highest BCUT2D eigenvalue weighted by Crippen LogP contribution is 2.32. The number of rotatable bonds is 5. The zero-order valence-corrected chi connectivity index (χ0v) is 16.6. The third-order valence-corrected chi connectivity index (χ3v) is 4.45. The Kier molecular flexibility index (Phi) is 5.96. The number of benzene rings is 1. The molecule has 0 fully saturated rings. The van der Waals surface area contributed by atoms with Crippen molar-refractivity contribution in [2.75, 3.05) is 5.32 Å². The van der Waals surface area contributed by atoms with Crippen molar-refractivity contribution in [3.8, 4) is 23.4 Å². The van der Waals surface area contributed by atoms with Crippen LogP contribution in [0.25, 0.3) is 11.3 Å². The van der Waals surface area contributed by atoms with E-state index in [1.165, 1.54) is 16.9 Å². The van der Waals surface area contributed by atoms with Crippen molar-refractivity contribution in [2.24, 2.45) is 0 Å². The number of aromatic nitrogens is 3. The van der Waals surface area contributed by atoms with E-state index >= 15 is 0 Å². The van der Waals surface area contributed by atoms with E-state index in [-0.39, 0.29) is 17.8 Å². The van der Waals surface area contributed by atoms with Gasteiger partial charge in [-0.2, -0.15) is 28.8 Å². The molecule has 11 heteroatoms. The molecule has 0 bridgehead atoms. The van der Waals surface area contributed by atoms with E-state index in [0.29, 0.717) is 17.3 Å². The number of nitrogens with zero attached hydrogens (tertiary/aromatic N) is 5. The lowest BCUT2D eigenvalue weighted by Gasteiger charge is -2.22. The summed E-state index contributed by atoms with van der Waals surface area (Å²) in [5, 5.41) is 35.2. The molecule has 1 atom stereocenters. The number of nitriles is 2. The molecule has 32 heavy (non-hydrogen) atoms. The zero-order chi connectivity index (χ0) is 23.5. The van der Waals surface area contributed by atoms with Gasteiger partial charge in [0.05, 0.1) is 29.6 Å². The second kappa shape index (κ2) is 8.49. The maximum atomic E-state index is 13.1. The molecule has 162 valence electrons. The number of hydrogen-bond acceptors (Lipinski definition) is 6. The van der Waals surface area contributed by atoms with Gasteiger partial charge in [0.1, 0.15) is 17.8 Å². The molecule has 0 aliphatic carbocycles. The predicted octanol–water partition coefficient (Wildman–Crippen LogP) is 3.10. The number of aliphatic hydroxyl groups is 1.